The zero-order valence-corrected chi connectivity index (χ0v) is 8.80. The minimum Gasteiger partial charge on any atom is -0.478 e. The van der Waals surface area contributed by atoms with Gasteiger partial charge < -0.3 is 15.3 Å². The number of hydrogen-bond donors (Lipinski definition) is 4. The molecule has 0 spiro atoms. The minimum absolute atomic E-state index is 0.115. The Bertz CT molecular complexity index is 193. The van der Waals surface area contributed by atoms with E-state index in [2.05, 4.69) is 0 Å². The van der Waals surface area contributed by atoms with Crippen LogP contribution in [0.3, 0.4) is 0 Å². The SMILES string of the molecule is CC=CC(=O)O.CCC(O)CO.N=C=O. The molecule has 15 heavy (non-hydrogen) atoms. The molecule has 1 unspecified atom stereocenters. The molecule has 0 aromatic heterocycles. The number of aliphatic hydroxyl groups excluding tert-OH is 2. The van der Waals surface area contributed by atoms with Crippen LogP contribution in [-0.2, 0) is 9.59 Å². The predicted molar refractivity (Wildman–Crippen MR) is 54.2 cm³/mol. The Morgan fingerprint density at radius 2 is 2.00 bits per heavy atom. The van der Waals surface area contributed by atoms with Crippen molar-refractivity contribution in [3.8, 4) is 0 Å². The van der Waals surface area contributed by atoms with Gasteiger partial charge in [0.15, 0.2) is 0 Å². The number of allylic oxidation sites excluding steroid dienone is 1. The smallest absolute Gasteiger partial charge is 0.327 e. The van der Waals surface area contributed by atoms with E-state index in [1.54, 1.807) is 6.92 Å². The van der Waals surface area contributed by atoms with Crippen molar-refractivity contribution in [3.63, 3.8) is 0 Å². The van der Waals surface area contributed by atoms with Gasteiger partial charge in [0.2, 0.25) is 6.08 Å². The molecule has 0 aliphatic rings. The maximum Gasteiger partial charge on any atom is 0.327 e. The molecular weight excluding hydrogens is 202 g/mol. The van der Waals surface area contributed by atoms with Crippen molar-refractivity contribution < 1.29 is 24.9 Å². The number of rotatable bonds is 3. The maximum absolute atomic E-state index is 9.51. The lowest BCUT2D eigenvalue weighted by Crippen LogP contribution is -2.08. The van der Waals surface area contributed by atoms with Crippen LogP contribution < -0.4 is 0 Å². The molecule has 0 bridgehead atoms. The fourth-order valence-electron chi connectivity index (χ4n) is 0.272. The van der Waals surface area contributed by atoms with Gasteiger partial charge in [-0.05, 0) is 13.3 Å². The molecule has 0 aliphatic heterocycles. The van der Waals surface area contributed by atoms with Gasteiger partial charge in [-0.2, -0.15) is 0 Å². The van der Waals surface area contributed by atoms with E-state index < -0.39 is 12.1 Å². The first kappa shape index (κ1) is 19.1. The number of aliphatic carboxylic acids is 1. The minimum atomic E-state index is -0.891. The van der Waals surface area contributed by atoms with Crippen molar-refractivity contribution in [1.29, 1.82) is 5.41 Å². The summed E-state index contributed by atoms with van der Waals surface area (Å²) in [6.07, 6.45) is 3.43. The second-order valence-corrected chi connectivity index (χ2v) is 2.18. The van der Waals surface area contributed by atoms with Crippen LogP contribution in [0.5, 0.6) is 0 Å². The first-order chi connectivity index (χ1) is 6.99. The largest absolute Gasteiger partial charge is 0.478 e. The highest BCUT2D eigenvalue weighted by molar-refractivity contribution is 5.79. The number of carbonyl (C=O) groups excluding carboxylic acids is 1. The van der Waals surface area contributed by atoms with Gasteiger partial charge in [0.25, 0.3) is 0 Å². The third-order valence-electron chi connectivity index (χ3n) is 0.991. The first-order valence-corrected chi connectivity index (χ1v) is 4.18. The van der Waals surface area contributed by atoms with Gasteiger partial charge in [0.1, 0.15) is 0 Å². The van der Waals surface area contributed by atoms with Crippen LogP contribution in [0.4, 0.5) is 0 Å². The van der Waals surface area contributed by atoms with Gasteiger partial charge in [0.05, 0.1) is 12.7 Å². The third kappa shape index (κ3) is 45.5. The lowest BCUT2D eigenvalue weighted by atomic mass is 10.3. The molecule has 4 N–H and O–H groups in total. The molecule has 0 heterocycles. The Kier molecular flexibility index (Phi) is 23.4. The van der Waals surface area contributed by atoms with Gasteiger partial charge in [-0.25, -0.2) is 15.0 Å². The third-order valence-corrected chi connectivity index (χ3v) is 0.991. The molecule has 6 heteroatoms. The first-order valence-electron chi connectivity index (χ1n) is 4.18. The molecule has 0 aromatic carbocycles. The number of nitrogens with one attached hydrogen (secondary N) is 1. The van der Waals surface area contributed by atoms with E-state index in [0.717, 1.165) is 12.2 Å². The molecule has 0 amide bonds. The van der Waals surface area contributed by atoms with Crippen molar-refractivity contribution in [3.05, 3.63) is 12.2 Å². The molecule has 6 nitrogen and oxygen atoms in total. The number of aliphatic hydroxyl groups is 2. The topological polar surface area (TPSA) is 119 Å². The fourth-order valence-corrected chi connectivity index (χ4v) is 0.272. The molecule has 0 radical (unpaired) electrons. The quantitative estimate of drug-likeness (QED) is 0.309. The number of carbonyl (C=O) groups is 1. The van der Waals surface area contributed by atoms with Crippen molar-refractivity contribution in [2.24, 2.45) is 0 Å². The molecular formula is C9H17NO5. The zero-order chi connectivity index (χ0) is 12.7. The summed E-state index contributed by atoms with van der Waals surface area (Å²) in [6.45, 7) is 3.37. The number of carboxylic acids is 1. The van der Waals surface area contributed by atoms with Gasteiger partial charge in [-0.1, -0.05) is 13.0 Å². The van der Waals surface area contributed by atoms with Gasteiger partial charge in [0, 0.05) is 6.08 Å². The Morgan fingerprint density at radius 1 is 1.60 bits per heavy atom. The number of hydrogen-bond acceptors (Lipinski definition) is 5. The van der Waals surface area contributed by atoms with Crippen molar-refractivity contribution >= 4 is 12.0 Å². The summed E-state index contributed by atoms with van der Waals surface area (Å²) in [4.78, 5) is 17.9. The van der Waals surface area contributed by atoms with Crippen LogP contribution in [0.2, 0.25) is 0 Å². The maximum atomic E-state index is 9.51. The summed E-state index contributed by atoms with van der Waals surface area (Å²) >= 11 is 0. The van der Waals surface area contributed by atoms with E-state index in [4.69, 9.17) is 25.5 Å². The monoisotopic (exact) mass is 219 g/mol. The molecule has 0 fully saturated rings. The lowest BCUT2D eigenvalue weighted by molar-refractivity contribution is -0.131. The Labute approximate surface area is 88.4 Å². The van der Waals surface area contributed by atoms with Crippen LogP contribution in [0.1, 0.15) is 20.3 Å². The zero-order valence-electron chi connectivity index (χ0n) is 8.80. The fraction of sp³-hybridized carbons (Fsp3) is 0.556. The van der Waals surface area contributed by atoms with E-state index in [1.807, 2.05) is 6.92 Å². The second kappa shape index (κ2) is 18.3. The van der Waals surface area contributed by atoms with Crippen molar-refractivity contribution in [2.45, 2.75) is 26.4 Å². The molecule has 0 aromatic rings. The normalized spacial score (nSPS) is 10.1. The lowest BCUT2D eigenvalue weighted by Gasteiger charge is -1.97. The highest BCUT2D eigenvalue weighted by Gasteiger charge is 1.92. The Morgan fingerprint density at radius 3 is 2.00 bits per heavy atom. The summed E-state index contributed by atoms with van der Waals surface area (Å²) in [5.74, 6) is -0.891. The van der Waals surface area contributed by atoms with E-state index in [0.29, 0.717) is 6.42 Å². The average molecular weight is 219 g/mol. The predicted octanol–water partition coefficient (Wildman–Crippen LogP) is 0.298. The van der Waals surface area contributed by atoms with Crippen LogP contribution in [0.25, 0.3) is 0 Å². The summed E-state index contributed by atoms with van der Waals surface area (Å²) < 4.78 is 0. The molecule has 0 aliphatic carbocycles. The van der Waals surface area contributed by atoms with Crippen LogP contribution in [0.15, 0.2) is 12.2 Å². The summed E-state index contributed by atoms with van der Waals surface area (Å²) in [7, 11) is 0. The van der Waals surface area contributed by atoms with Gasteiger partial charge >= 0.3 is 5.97 Å². The molecule has 1 atom stereocenters. The molecule has 0 rings (SSSR count). The van der Waals surface area contributed by atoms with Crippen LogP contribution in [-0.4, -0.2) is 40.1 Å². The summed E-state index contributed by atoms with van der Waals surface area (Å²) in [6, 6.07) is 0. The molecule has 88 valence electrons. The van der Waals surface area contributed by atoms with Crippen LogP contribution >= 0.6 is 0 Å². The summed E-state index contributed by atoms with van der Waals surface area (Å²) in [5.41, 5.74) is 0. The highest BCUT2D eigenvalue weighted by Crippen LogP contribution is 1.83. The highest BCUT2D eigenvalue weighted by atomic mass is 16.4. The van der Waals surface area contributed by atoms with Gasteiger partial charge in [-0.3, -0.25) is 0 Å². The van der Waals surface area contributed by atoms with Crippen molar-refractivity contribution in [1.82, 2.24) is 0 Å². The summed E-state index contributed by atoms with van der Waals surface area (Å²) in [5, 5.41) is 29.7. The van der Waals surface area contributed by atoms with E-state index >= 15 is 0 Å². The van der Waals surface area contributed by atoms with Gasteiger partial charge in [-0.15, -0.1) is 0 Å². The van der Waals surface area contributed by atoms with Crippen molar-refractivity contribution in [2.75, 3.05) is 6.61 Å². The second-order valence-electron chi connectivity index (χ2n) is 2.18. The Hall–Kier alpha value is -1.49. The average Bonchev–Trinajstić information content (AvgIpc) is 2.18. The van der Waals surface area contributed by atoms with Crippen LogP contribution in [0, 0.1) is 5.41 Å². The van der Waals surface area contributed by atoms with E-state index in [9.17, 15) is 4.79 Å². The number of isocyanates is 1. The number of carboxylic acid groups (broad SMARTS) is 1. The van der Waals surface area contributed by atoms with E-state index in [-0.39, 0.29) is 6.61 Å². The Balaban J connectivity index is -0.000000153. The molecule has 0 saturated carbocycles. The van der Waals surface area contributed by atoms with E-state index in [1.165, 1.54) is 6.08 Å². The molecule has 0 saturated heterocycles. The standard InChI is InChI=1S/C4H10O2.C4H6O2.CHNO/c1-2-4(6)3-5;1-2-3-4(5)6;2-1-3/h4-6H,2-3H2,1H3;2-3H,1H3,(H,5,6);2H.